The van der Waals surface area contributed by atoms with Crippen molar-refractivity contribution in [1.82, 2.24) is 4.90 Å². The summed E-state index contributed by atoms with van der Waals surface area (Å²) in [5.74, 6) is 0.531. The third-order valence-corrected chi connectivity index (χ3v) is 8.21. The summed E-state index contributed by atoms with van der Waals surface area (Å²) in [6.07, 6.45) is 2.14. The molecule has 0 N–H and O–H groups in total. The molecular weight excluding hydrogens is 470 g/mol. The molecule has 1 heterocycles. The molecule has 4 rings (SSSR count). The fourth-order valence-corrected chi connectivity index (χ4v) is 6.25. The van der Waals surface area contributed by atoms with Gasteiger partial charge in [0, 0.05) is 6.54 Å². The van der Waals surface area contributed by atoms with Gasteiger partial charge in [0.1, 0.15) is 12.6 Å². The molecule has 0 bridgehead atoms. The number of benzene rings is 3. The van der Waals surface area contributed by atoms with Crippen molar-refractivity contribution in [2.75, 3.05) is 19.4 Å². The number of likely N-dealkylation sites (tertiary alicyclic amines) is 1. The second kappa shape index (κ2) is 12.1. The Morgan fingerprint density at radius 2 is 1.58 bits per heavy atom. The Morgan fingerprint density at radius 1 is 0.944 bits per heavy atom. The quantitative estimate of drug-likeness (QED) is 0.241. The van der Waals surface area contributed by atoms with Gasteiger partial charge in [0.25, 0.3) is 0 Å². The van der Waals surface area contributed by atoms with Crippen LogP contribution in [0.2, 0.25) is 0 Å². The van der Waals surface area contributed by atoms with E-state index in [0.29, 0.717) is 13.0 Å². The summed E-state index contributed by atoms with van der Waals surface area (Å²) in [5.41, 5.74) is 4.30. The van der Waals surface area contributed by atoms with Crippen molar-refractivity contribution in [3.05, 3.63) is 96.1 Å². The highest BCUT2D eigenvalue weighted by Gasteiger charge is 2.51. The minimum Gasteiger partial charge on any atom is -0.467 e. The standard InChI is InChI=1S/C30H33NO4S/c1-3-4-19-36-30(26-17-15-25(16-18-26)24-13-9-6-10-14-24)20-27(28(32)34-2)31(22-30)29(33)35-21-23-11-7-5-8-12-23/h5-18,27H,3-4,19-22H2,1-2H3/t27?,30-/m1/s1. The number of amides is 1. The van der Waals surface area contributed by atoms with Gasteiger partial charge in [-0.25, -0.2) is 9.59 Å². The molecule has 1 fully saturated rings. The molecule has 0 spiro atoms. The van der Waals surface area contributed by atoms with E-state index < -0.39 is 22.9 Å². The minimum atomic E-state index is -0.693. The van der Waals surface area contributed by atoms with E-state index >= 15 is 0 Å². The number of methoxy groups -OCH3 is 1. The van der Waals surface area contributed by atoms with Crippen LogP contribution in [-0.2, 0) is 25.6 Å². The van der Waals surface area contributed by atoms with Crippen molar-refractivity contribution in [2.45, 2.75) is 43.6 Å². The summed E-state index contributed by atoms with van der Waals surface area (Å²) in [4.78, 5) is 27.6. The molecule has 1 amide bonds. The Labute approximate surface area is 217 Å². The molecule has 5 nitrogen and oxygen atoms in total. The highest BCUT2D eigenvalue weighted by atomic mass is 32.2. The zero-order chi connectivity index (χ0) is 25.4. The molecule has 3 aromatic carbocycles. The summed E-state index contributed by atoms with van der Waals surface area (Å²) < 4.78 is 10.3. The first-order valence-corrected chi connectivity index (χ1v) is 13.4. The van der Waals surface area contributed by atoms with Crippen LogP contribution in [0, 0.1) is 0 Å². The molecule has 36 heavy (non-hydrogen) atoms. The normalized spacial score (nSPS) is 19.2. The number of carbonyl (C=O) groups is 2. The van der Waals surface area contributed by atoms with Crippen molar-refractivity contribution in [1.29, 1.82) is 0 Å². The molecule has 0 aromatic heterocycles. The number of hydrogen-bond acceptors (Lipinski definition) is 5. The average Bonchev–Trinajstić information content (AvgIpc) is 3.34. The third-order valence-electron chi connectivity index (χ3n) is 6.63. The smallest absolute Gasteiger partial charge is 0.410 e. The van der Waals surface area contributed by atoms with Crippen LogP contribution in [0.3, 0.4) is 0 Å². The van der Waals surface area contributed by atoms with E-state index in [1.807, 2.05) is 60.3 Å². The van der Waals surface area contributed by atoms with Crippen LogP contribution >= 0.6 is 11.8 Å². The van der Waals surface area contributed by atoms with Crippen LogP contribution in [0.1, 0.15) is 37.3 Å². The summed E-state index contributed by atoms with van der Waals surface area (Å²) in [7, 11) is 1.37. The van der Waals surface area contributed by atoms with Crippen LogP contribution in [0.25, 0.3) is 11.1 Å². The van der Waals surface area contributed by atoms with Gasteiger partial charge >= 0.3 is 12.1 Å². The number of carbonyl (C=O) groups excluding carboxylic acids is 2. The van der Waals surface area contributed by atoms with E-state index in [0.717, 1.165) is 40.8 Å². The van der Waals surface area contributed by atoms with Gasteiger partial charge in [-0.05, 0) is 40.8 Å². The van der Waals surface area contributed by atoms with E-state index in [1.165, 1.54) is 7.11 Å². The van der Waals surface area contributed by atoms with E-state index in [4.69, 9.17) is 9.47 Å². The second-order valence-corrected chi connectivity index (χ2v) is 10.5. The predicted octanol–water partition coefficient (Wildman–Crippen LogP) is 6.67. The summed E-state index contributed by atoms with van der Waals surface area (Å²) in [5, 5.41) is 0. The predicted molar refractivity (Wildman–Crippen MR) is 145 cm³/mol. The zero-order valence-electron chi connectivity index (χ0n) is 20.9. The number of esters is 1. The number of ether oxygens (including phenoxy) is 2. The molecule has 6 heteroatoms. The largest absolute Gasteiger partial charge is 0.467 e. The SMILES string of the molecule is CCCCS[C@]1(c2ccc(-c3ccccc3)cc2)CC(C(=O)OC)N(C(=O)OCc2ccccc2)C1. The van der Waals surface area contributed by atoms with E-state index in [-0.39, 0.29) is 6.61 Å². The lowest BCUT2D eigenvalue weighted by Crippen LogP contribution is -2.41. The molecule has 3 aromatic rings. The van der Waals surface area contributed by atoms with Gasteiger partial charge in [-0.3, -0.25) is 4.90 Å². The Hall–Kier alpha value is -3.25. The number of nitrogens with zero attached hydrogens (tertiary/aromatic N) is 1. The van der Waals surface area contributed by atoms with Crippen LogP contribution in [0.5, 0.6) is 0 Å². The molecule has 0 radical (unpaired) electrons. The van der Waals surface area contributed by atoms with E-state index in [9.17, 15) is 9.59 Å². The summed E-state index contributed by atoms with van der Waals surface area (Å²) in [6.45, 7) is 2.71. The maximum atomic E-state index is 13.2. The van der Waals surface area contributed by atoms with Gasteiger partial charge in [0.15, 0.2) is 0 Å². The number of thioether (sulfide) groups is 1. The van der Waals surface area contributed by atoms with Gasteiger partial charge in [-0.2, -0.15) is 0 Å². The Kier molecular flexibility index (Phi) is 8.70. The number of hydrogen-bond donors (Lipinski definition) is 0. The minimum absolute atomic E-state index is 0.159. The van der Waals surface area contributed by atoms with E-state index in [1.54, 1.807) is 4.90 Å². The fourth-order valence-electron chi connectivity index (χ4n) is 4.62. The zero-order valence-corrected chi connectivity index (χ0v) is 21.7. The van der Waals surface area contributed by atoms with Gasteiger partial charge in [0.2, 0.25) is 0 Å². The van der Waals surface area contributed by atoms with Crippen LogP contribution in [0.4, 0.5) is 4.79 Å². The third kappa shape index (κ3) is 5.93. The van der Waals surface area contributed by atoms with Crippen LogP contribution < -0.4 is 0 Å². The second-order valence-electron chi connectivity index (χ2n) is 9.05. The molecule has 188 valence electrons. The molecule has 0 aliphatic carbocycles. The van der Waals surface area contributed by atoms with Gasteiger partial charge in [-0.1, -0.05) is 98.3 Å². The molecule has 1 saturated heterocycles. The maximum absolute atomic E-state index is 13.2. The summed E-state index contributed by atoms with van der Waals surface area (Å²) in [6, 6.07) is 27.6. The molecule has 0 saturated carbocycles. The molecule has 1 aliphatic rings. The first kappa shape index (κ1) is 25.8. The van der Waals surface area contributed by atoms with Gasteiger partial charge < -0.3 is 9.47 Å². The number of rotatable bonds is 9. The van der Waals surface area contributed by atoms with Gasteiger partial charge in [-0.15, -0.1) is 11.8 Å². The highest BCUT2D eigenvalue weighted by molar-refractivity contribution is 8.00. The molecule has 1 unspecified atom stereocenters. The monoisotopic (exact) mass is 503 g/mol. The lowest BCUT2D eigenvalue weighted by Gasteiger charge is -2.29. The average molecular weight is 504 g/mol. The van der Waals surface area contributed by atoms with Crippen molar-refractivity contribution >= 4 is 23.8 Å². The van der Waals surface area contributed by atoms with Crippen LogP contribution in [-0.4, -0.2) is 42.4 Å². The van der Waals surface area contributed by atoms with E-state index in [2.05, 4.69) is 43.3 Å². The van der Waals surface area contributed by atoms with Gasteiger partial charge in [0.05, 0.1) is 11.9 Å². The van der Waals surface area contributed by atoms with Crippen molar-refractivity contribution in [3.8, 4) is 11.1 Å². The Bertz CT molecular complexity index is 1140. The van der Waals surface area contributed by atoms with Crippen molar-refractivity contribution in [3.63, 3.8) is 0 Å². The fraction of sp³-hybridized carbons (Fsp3) is 0.333. The van der Waals surface area contributed by atoms with Crippen molar-refractivity contribution < 1.29 is 19.1 Å². The maximum Gasteiger partial charge on any atom is 0.410 e. The molecule has 1 aliphatic heterocycles. The molecular formula is C30H33NO4S. The lowest BCUT2D eigenvalue weighted by molar-refractivity contribution is -0.145. The Balaban J connectivity index is 1.61. The number of unbranched alkanes of at least 4 members (excludes halogenated alkanes) is 1. The highest BCUT2D eigenvalue weighted by Crippen LogP contribution is 2.48. The lowest BCUT2D eigenvalue weighted by atomic mass is 9.93. The molecule has 2 atom stereocenters. The topological polar surface area (TPSA) is 55.8 Å². The van der Waals surface area contributed by atoms with Crippen molar-refractivity contribution in [2.24, 2.45) is 0 Å². The first-order chi connectivity index (χ1) is 17.6. The Morgan fingerprint density at radius 3 is 2.22 bits per heavy atom. The van der Waals surface area contributed by atoms with Crippen LogP contribution in [0.15, 0.2) is 84.9 Å². The first-order valence-electron chi connectivity index (χ1n) is 12.4. The summed E-state index contributed by atoms with van der Waals surface area (Å²) >= 11 is 1.82.